The van der Waals surface area contributed by atoms with Gasteiger partial charge in [-0.3, -0.25) is 14.4 Å². The Morgan fingerprint density at radius 3 is 1.32 bits per heavy atom. The summed E-state index contributed by atoms with van der Waals surface area (Å²) in [6.45, 7) is 0. The molecular weight excluding hydrogens is 518 g/mol. The third kappa shape index (κ3) is 10.4. The molecular formula is C20H23CaO11P2+. The van der Waals surface area contributed by atoms with Gasteiger partial charge in [-0.2, -0.15) is 0 Å². The Bertz CT molecular complexity index is 1160. The van der Waals surface area contributed by atoms with Crippen LogP contribution < -0.4 is 13.9 Å². The minimum Gasteiger partial charge on any atom is -0.746 e. The molecule has 0 heterocycles. The van der Waals surface area contributed by atoms with Gasteiger partial charge in [-0.05, 0) is 22.9 Å². The van der Waals surface area contributed by atoms with E-state index in [9.17, 15) is 14.0 Å². The van der Waals surface area contributed by atoms with Crippen molar-refractivity contribution in [2.45, 2.75) is 0 Å². The number of phosphoric acid groups is 2. The van der Waals surface area contributed by atoms with Crippen molar-refractivity contribution in [1.82, 2.24) is 0 Å². The molecule has 0 fully saturated rings. The van der Waals surface area contributed by atoms with Crippen LogP contribution in [-0.4, -0.2) is 68.8 Å². The van der Waals surface area contributed by atoms with Crippen LogP contribution in [0.15, 0.2) is 84.9 Å². The molecule has 0 amide bonds. The summed E-state index contributed by atoms with van der Waals surface area (Å²) in [6.07, 6.45) is 0. The molecule has 0 bridgehead atoms. The second-order valence-electron chi connectivity index (χ2n) is 6.10. The van der Waals surface area contributed by atoms with Crippen molar-refractivity contribution in [2.24, 2.45) is 0 Å². The second kappa shape index (κ2) is 14.8. The molecule has 11 nitrogen and oxygen atoms in total. The van der Waals surface area contributed by atoms with E-state index in [1.807, 2.05) is 36.4 Å². The molecule has 180 valence electrons. The Morgan fingerprint density at radius 2 is 0.941 bits per heavy atom. The summed E-state index contributed by atoms with van der Waals surface area (Å²) in [6, 6.07) is 24.4. The standard InChI is InChI=1S/2C10H9O4P.Ca.3H2O/c2*11-15(12,13)14-10-7-3-5-8-4-1-2-6-9(8)10;;;;/h2*1-7H,(H2,11,12,13);;3*1H2/q;;+2;;;/p-1. The third-order valence-corrected chi connectivity index (χ3v) is 4.79. The van der Waals surface area contributed by atoms with E-state index in [2.05, 4.69) is 9.05 Å². The van der Waals surface area contributed by atoms with Gasteiger partial charge in [0, 0.05) is 10.8 Å². The fourth-order valence-corrected chi connectivity index (χ4v) is 3.63. The molecule has 4 rings (SSSR count). The van der Waals surface area contributed by atoms with Gasteiger partial charge >= 0.3 is 53.4 Å². The zero-order chi connectivity index (χ0) is 21.8. The van der Waals surface area contributed by atoms with Crippen LogP contribution in [-0.2, 0) is 9.13 Å². The summed E-state index contributed by atoms with van der Waals surface area (Å²) < 4.78 is 30.4. The van der Waals surface area contributed by atoms with Gasteiger partial charge < -0.3 is 35.3 Å². The minimum absolute atomic E-state index is 0. The van der Waals surface area contributed by atoms with E-state index in [-0.39, 0.29) is 65.7 Å². The van der Waals surface area contributed by atoms with Gasteiger partial charge in [0.25, 0.3) is 0 Å². The SMILES string of the molecule is O.O.O.O=P(O)(O)Oc1cccc2ccccc12.O=P([O-])(O)Oc1cccc2ccccc12.[Ca+2]. The number of benzene rings is 4. The largest absolute Gasteiger partial charge is 2.00 e. The topological polar surface area (TPSA) is 231 Å². The van der Waals surface area contributed by atoms with Crippen LogP contribution in [0.4, 0.5) is 0 Å². The first-order valence-corrected chi connectivity index (χ1v) is 11.6. The maximum absolute atomic E-state index is 10.7. The first kappa shape index (κ1) is 34.6. The maximum Gasteiger partial charge on any atom is 2.00 e. The number of hydrogen-bond acceptors (Lipinski definition) is 5. The van der Waals surface area contributed by atoms with Crippen molar-refractivity contribution in [3.63, 3.8) is 0 Å². The number of fused-ring (bicyclic) bond motifs is 2. The smallest absolute Gasteiger partial charge is 0.746 e. The Morgan fingerprint density at radius 1 is 0.588 bits per heavy atom. The van der Waals surface area contributed by atoms with E-state index in [1.54, 1.807) is 36.4 Å². The fraction of sp³-hybridized carbons (Fsp3) is 0. The number of phosphoric ester groups is 2. The normalized spacial score (nSPS) is 11.6. The molecule has 34 heavy (non-hydrogen) atoms. The van der Waals surface area contributed by atoms with E-state index in [0.717, 1.165) is 10.8 Å². The zero-order valence-corrected chi connectivity index (χ0v) is 21.6. The number of rotatable bonds is 4. The quantitative estimate of drug-likeness (QED) is 0.250. The van der Waals surface area contributed by atoms with Crippen LogP contribution in [0.2, 0.25) is 0 Å². The molecule has 0 saturated carbocycles. The van der Waals surface area contributed by atoms with Crippen LogP contribution in [0, 0.1) is 0 Å². The Hall–Kier alpha value is -1.56. The summed E-state index contributed by atoms with van der Waals surface area (Å²) in [4.78, 5) is 36.7. The average molecular weight is 541 g/mol. The van der Waals surface area contributed by atoms with Crippen molar-refractivity contribution in [2.75, 3.05) is 0 Å². The summed E-state index contributed by atoms with van der Waals surface area (Å²) in [7, 11) is -9.23. The van der Waals surface area contributed by atoms with Gasteiger partial charge in [-0.25, -0.2) is 4.57 Å². The molecule has 4 aromatic carbocycles. The molecule has 4 aromatic rings. The minimum atomic E-state index is -4.74. The van der Waals surface area contributed by atoms with E-state index in [4.69, 9.17) is 14.7 Å². The van der Waals surface area contributed by atoms with Gasteiger partial charge in [0.05, 0.1) is 0 Å². The second-order valence-corrected chi connectivity index (χ2v) is 8.38. The molecule has 0 aromatic heterocycles. The maximum atomic E-state index is 10.7. The first-order chi connectivity index (χ1) is 14.1. The molecule has 0 saturated heterocycles. The molecule has 0 radical (unpaired) electrons. The van der Waals surface area contributed by atoms with Crippen LogP contribution in [0.3, 0.4) is 0 Å². The number of hydrogen-bond donors (Lipinski definition) is 3. The van der Waals surface area contributed by atoms with Crippen LogP contribution in [0.5, 0.6) is 11.5 Å². The van der Waals surface area contributed by atoms with Crippen LogP contribution >= 0.6 is 15.6 Å². The Balaban J connectivity index is 0. The van der Waals surface area contributed by atoms with Gasteiger partial charge in [0.1, 0.15) is 11.5 Å². The average Bonchev–Trinajstić information content (AvgIpc) is 2.67. The summed E-state index contributed by atoms with van der Waals surface area (Å²) in [5, 5.41) is 3.06. The van der Waals surface area contributed by atoms with E-state index < -0.39 is 15.6 Å². The molecule has 14 heteroatoms. The molecule has 0 aliphatic carbocycles. The zero-order valence-electron chi connectivity index (χ0n) is 17.6. The van der Waals surface area contributed by atoms with Crippen molar-refractivity contribution >= 4 is 74.9 Å². The van der Waals surface area contributed by atoms with Crippen molar-refractivity contribution < 1.29 is 54.2 Å². The van der Waals surface area contributed by atoms with Crippen molar-refractivity contribution in [3.8, 4) is 11.5 Å². The molecule has 1 atom stereocenters. The summed E-state index contributed by atoms with van der Waals surface area (Å²) >= 11 is 0. The van der Waals surface area contributed by atoms with Crippen molar-refractivity contribution in [1.29, 1.82) is 0 Å². The van der Waals surface area contributed by atoms with Crippen LogP contribution in [0.25, 0.3) is 21.5 Å². The monoisotopic (exact) mass is 541 g/mol. The van der Waals surface area contributed by atoms with Gasteiger partial charge in [0.15, 0.2) is 0 Å². The molecule has 0 aliphatic heterocycles. The van der Waals surface area contributed by atoms with E-state index in [0.29, 0.717) is 10.8 Å². The van der Waals surface area contributed by atoms with Gasteiger partial charge in [-0.15, -0.1) is 0 Å². The first-order valence-electron chi connectivity index (χ1n) is 8.56. The van der Waals surface area contributed by atoms with Gasteiger partial charge in [0.2, 0.25) is 0 Å². The predicted octanol–water partition coefficient (Wildman–Crippen LogP) is 1.14. The van der Waals surface area contributed by atoms with E-state index >= 15 is 0 Å². The predicted molar refractivity (Wildman–Crippen MR) is 128 cm³/mol. The van der Waals surface area contributed by atoms with Crippen molar-refractivity contribution in [3.05, 3.63) is 84.9 Å². The van der Waals surface area contributed by atoms with Gasteiger partial charge in [-0.1, -0.05) is 72.8 Å². The summed E-state index contributed by atoms with van der Waals surface area (Å²) in [5.74, 6) is 0.329. The molecule has 0 spiro atoms. The summed E-state index contributed by atoms with van der Waals surface area (Å²) in [5.41, 5.74) is 0. The molecule has 1 unspecified atom stereocenters. The Labute approximate surface area is 224 Å². The molecule has 0 aliphatic rings. The van der Waals surface area contributed by atoms with E-state index in [1.165, 1.54) is 12.1 Å². The van der Waals surface area contributed by atoms with Crippen LogP contribution in [0.1, 0.15) is 0 Å². The Kier molecular flexibility index (Phi) is 15.0. The fourth-order valence-electron chi connectivity index (χ4n) is 2.80. The molecule has 9 N–H and O–H groups in total. The third-order valence-electron chi connectivity index (χ3n) is 3.93.